The molecule has 0 radical (unpaired) electrons. The smallest absolute Gasteiger partial charge is 0.141 e. The van der Waals surface area contributed by atoms with Crippen LogP contribution < -0.4 is 0 Å². The Balaban J connectivity index is 2.00. The summed E-state index contributed by atoms with van der Waals surface area (Å²) >= 11 is 3.61. The van der Waals surface area contributed by atoms with E-state index in [-0.39, 0.29) is 5.78 Å². The van der Waals surface area contributed by atoms with Gasteiger partial charge in [0.25, 0.3) is 0 Å². The summed E-state index contributed by atoms with van der Waals surface area (Å²) in [5, 5.41) is 0. The van der Waals surface area contributed by atoms with E-state index in [1.54, 1.807) is 0 Å². The summed E-state index contributed by atoms with van der Waals surface area (Å²) in [6, 6.07) is 2.20. The molecule has 0 saturated heterocycles. The Kier molecular flexibility index (Phi) is 2.36. The number of nitrogens with zero attached hydrogens (tertiary/aromatic N) is 2. The lowest BCUT2D eigenvalue weighted by molar-refractivity contribution is -0.117. The topological polar surface area (TPSA) is 25.2 Å². The summed E-state index contributed by atoms with van der Waals surface area (Å²) in [5.74, 6) is 0.284. The number of rotatable bonds is 0. The molecule has 1 aromatic rings. The number of carbonyl (C=O) groups excluding carboxylic acids is 1. The maximum Gasteiger partial charge on any atom is 0.141 e. The van der Waals surface area contributed by atoms with Crippen molar-refractivity contribution in [3.8, 4) is 0 Å². The highest BCUT2D eigenvalue weighted by Crippen LogP contribution is 2.40. The maximum absolute atomic E-state index is 11.7. The second-order valence-electron chi connectivity index (χ2n) is 5.16. The molecule has 3 nitrogen and oxygen atoms in total. The zero-order valence-electron chi connectivity index (χ0n) is 10.4. The number of halogens is 1. The van der Waals surface area contributed by atoms with Crippen molar-refractivity contribution in [2.45, 2.75) is 25.7 Å². The average Bonchev–Trinajstić information content (AvgIpc) is 2.77. The van der Waals surface area contributed by atoms with Crippen LogP contribution in [0.25, 0.3) is 11.4 Å². The zero-order chi connectivity index (χ0) is 13.0. The predicted octanol–water partition coefficient (Wildman–Crippen LogP) is 3.49. The Bertz CT molecular complexity index is 678. The first-order chi connectivity index (χ1) is 9.24. The lowest BCUT2D eigenvalue weighted by Crippen LogP contribution is -2.11. The standard InChI is InChI=1S/C15H13BrN2O/c16-18-9-11-8-12(19)4-5-13(11)17-7-6-10-2-1-3-14(18)15(10)17/h3,5-7,9H,1-2,4,8H2. The summed E-state index contributed by atoms with van der Waals surface area (Å²) in [7, 11) is 0. The summed E-state index contributed by atoms with van der Waals surface area (Å²) in [5.41, 5.74) is 6.07. The third kappa shape index (κ3) is 1.59. The van der Waals surface area contributed by atoms with Crippen LogP contribution in [0.2, 0.25) is 0 Å². The average molecular weight is 317 g/mol. The van der Waals surface area contributed by atoms with Crippen molar-refractivity contribution >= 4 is 33.3 Å². The van der Waals surface area contributed by atoms with Gasteiger partial charge in [-0.2, -0.15) is 0 Å². The molecule has 0 amide bonds. The molecule has 0 unspecified atom stereocenters. The molecule has 1 aliphatic heterocycles. The minimum absolute atomic E-state index is 0.284. The molecule has 2 aliphatic carbocycles. The van der Waals surface area contributed by atoms with E-state index < -0.39 is 0 Å². The Hall–Kier alpha value is -1.55. The molecule has 0 fully saturated rings. The van der Waals surface area contributed by atoms with E-state index in [2.05, 4.69) is 45.1 Å². The number of ketones is 1. The number of hydrogen-bond acceptors (Lipinski definition) is 2. The fourth-order valence-corrected chi connectivity index (χ4v) is 3.66. The van der Waals surface area contributed by atoms with Gasteiger partial charge < -0.3 is 4.57 Å². The van der Waals surface area contributed by atoms with Crippen LogP contribution in [0.4, 0.5) is 0 Å². The highest BCUT2D eigenvalue weighted by molar-refractivity contribution is 9.07. The number of aryl methyl sites for hydroxylation is 1. The summed E-state index contributed by atoms with van der Waals surface area (Å²) in [4.78, 5) is 11.7. The first-order valence-electron chi connectivity index (χ1n) is 6.53. The summed E-state index contributed by atoms with van der Waals surface area (Å²) < 4.78 is 4.22. The van der Waals surface area contributed by atoms with Crippen LogP contribution in [-0.4, -0.2) is 14.3 Å². The Morgan fingerprint density at radius 1 is 1.21 bits per heavy atom. The molecule has 0 saturated carbocycles. The lowest BCUT2D eigenvalue weighted by atomic mass is 9.98. The van der Waals surface area contributed by atoms with Crippen molar-refractivity contribution in [1.82, 2.24) is 8.49 Å². The van der Waals surface area contributed by atoms with Gasteiger partial charge in [0.2, 0.25) is 0 Å². The fraction of sp³-hybridized carbons (Fsp3) is 0.267. The second-order valence-corrected chi connectivity index (χ2v) is 5.93. The van der Waals surface area contributed by atoms with Gasteiger partial charge >= 0.3 is 0 Å². The molecule has 96 valence electrons. The normalized spacial score (nSPS) is 21.0. The molecule has 19 heavy (non-hydrogen) atoms. The second kappa shape index (κ2) is 3.97. The number of fused-ring (bicyclic) bond motifs is 2. The third-order valence-electron chi connectivity index (χ3n) is 3.96. The van der Waals surface area contributed by atoms with Crippen molar-refractivity contribution in [3.05, 3.63) is 47.4 Å². The molecule has 4 rings (SSSR count). The highest BCUT2D eigenvalue weighted by Gasteiger charge is 2.28. The van der Waals surface area contributed by atoms with Crippen molar-refractivity contribution in [2.75, 3.05) is 0 Å². The fourth-order valence-electron chi connectivity index (χ4n) is 3.10. The first-order valence-corrected chi connectivity index (χ1v) is 7.24. The van der Waals surface area contributed by atoms with Crippen LogP contribution >= 0.6 is 16.1 Å². The Labute approximate surface area is 120 Å². The van der Waals surface area contributed by atoms with Crippen LogP contribution in [0.3, 0.4) is 0 Å². The van der Waals surface area contributed by atoms with E-state index in [1.165, 1.54) is 17.0 Å². The lowest BCUT2D eigenvalue weighted by Gasteiger charge is -2.20. The van der Waals surface area contributed by atoms with Gasteiger partial charge in [-0.25, -0.2) is 0 Å². The highest BCUT2D eigenvalue weighted by atomic mass is 79.9. The van der Waals surface area contributed by atoms with E-state index >= 15 is 0 Å². The molecule has 4 heteroatoms. The van der Waals surface area contributed by atoms with Crippen LogP contribution in [0.15, 0.2) is 36.2 Å². The van der Waals surface area contributed by atoms with Gasteiger partial charge in [-0.05, 0) is 24.5 Å². The number of carbonyl (C=O) groups is 1. The molecule has 0 N–H and O–H groups in total. The van der Waals surface area contributed by atoms with Crippen molar-refractivity contribution < 1.29 is 4.79 Å². The van der Waals surface area contributed by atoms with E-state index in [9.17, 15) is 4.79 Å². The van der Waals surface area contributed by atoms with Gasteiger partial charge in [-0.3, -0.25) is 8.72 Å². The molecular weight excluding hydrogens is 304 g/mol. The van der Waals surface area contributed by atoms with E-state index in [0.29, 0.717) is 12.8 Å². The van der Waals surface area contributed by atoms with E-state index in [1.807, 2.05) is 10.1 Å². The molecule has 0 bridgehead atoms. The van der Waals surface area contributed by atoms with E-state index in [4.69, 9.17) is 0 Å². The molecule has 0 aromatic carbocycles. The number of hydrogen-bond donors (Lipinski definition) is 0. The molecular formula is C15H13BrN2O. The largest absolute Gasteiger partial charge is 0.315 e. The van der Waals surface area contributed by atoms with Crippen LogP contribution in [0.5, 0.6) is 0 Å². The summed E-state index contributed by atoms with van der Waals surface area (Å²) in [6.45, 7) is 0. The number of aromatic nitrogens is 1. The van der Waals surface area contributed by atoms with Gasteiger partial charge in [-0.15, -0.1) is 0 Å². The monoisotopic (exact) mass is 316 g/mol. The van der Waals surface area contributed by atoms with Crippen molar-refractivity contribution in [3.63, 3.8) is 0 Å². The number of Topliss-reactive ketones (excluding diaryl/α,β-unsaturated/α-hetero) is 1. The van der Waals surface area contributed by atoms with Crippen LogP contribution in [-0.2, 0) is 11.2 Å². The third-order valence-corrected chi connectivity index (χ3v) is 4.55. The predicted molar refractivity (Wildman–Crippen MR) is 78.1 cm³/mol. The molecule has 2 heterocycles. The Morgan fingerprint density at radius 2 is 2.11 bits per heavy atom. The van der Waals surface area contributed by atoms with Gasteiger partial charge in [-0.1, -0.05) is 12.2 Å². The van der Waals surface area contributed by atoms with Crippen molar-refractivity contribution in [1.29, 1.82) is 0 Å². The van der Waals surface area contributed by atoms with Gasteiger partial charge in [0.15, 0.2) is 0 Å². The van der Waals surface area contributed by atoms with Gasteiger partial charge in [0, 0.05) is 36.5 Å². The molecule has 0 spiro atoms. The van der Waals surface area contributed by atoms with Crippen LogP contribution in [0.1, 0.15) is 30.5 Å². The molecule has 3 aliphatic rings. The van der Waals surface area contributed by atoms with Crippen LogP contribution in [0, 0.1) is 0 Å². The van der Waals surface area contributed by atoms with Gasteiger partial charge in [0.05, 0.1) is 27.5 Å². The first kappa shape index (κ1) is 11.3. The minimum Gasteiger partial charge on any atom is -0.315 e. The van der Waals surface area contributed by atoms with Crippen molar-refractivity contribution in [2.24, 2.45) is 0 Å². The SMILES string of the molecule is O=C1CC=C2C(=CN(Br)C3=CCCc4ccn2c43)C1. The summed E-state index contributed by atoms with van der Waals surface area (Å²) in [6.07, 6.45) is 11.7. The zero-order valence-corrected chi connectivity index (χ0v) is 12.0. The molecule has 0 atom stereocenters. The van der Waals surface area contributed by atoms with E-state index in [0.717, 1.165) is 24.1 Å². The maximum atomic E-state index is 11.7. The van der Waals surface area contributed by atoms with Gasteiger partial charge in [0.1, 0.15) is 5.78 Å². The minimum atomic E-state index is 0.284. The number of allylic oxidation sites excluding steroid dienone is 4. The Morgan fingerprint density at radius 3 is 3.00 bits per heavy atom. The molecule has 1 aromatic heterocycles. The quantitative estimate of drug-likeness (QED) is 0.685.